The molecule has 0 saturated heterocycles. The number of rotatable bonds is 2. The Kier molecular flexibility index (Phi) is 2.95. The van der Waals surface area contributed by atoms with E-state index in [0.717, 1.165) is 10.9 Å². The highest BCUT2D eigenvalue weighted by atomic mass is 16.5. The molecule has 0 aliphatic heterocycles. The molecule has 0 spiro atoms. The van der Waals surface area contributed by atoms with Gasteiger partial charge in [0, 0.05) is 0 Å². The van der Waals surface area contributed by atoms with Crippen LogP contribution in [0.4, 0.5) is 0 Å². The van der Waals surface area contributed by atoms with Crippen LogP contribution < -0.4 is 0 Å². The summed E-state index contributed by atoms with van der Waals surface area (Å²) in [6, 6.07) is 23.5. The monoisotopic (exact) mass is 324 g/mol. The van der Waals surface area contributed by atoms with E-state index in [2.05, 4.69) is 66.7 Å². The zero-order valence-corrected chi connectivity index (χ0v) is 13.9. The summed E-state index contributed by atoms with van der Waals surface area (Å²) in [5.41, 5.74) is 1.02. The van der Waals surface area contributed by atoms with E-state index in [-0.39, 0.29) is 12.4 Å². The first-order valence-corrected chi connectivity index (χ1v) is 8.42. The van der Waals surface area contributed by atoms with E-state index in [1.165, 1.54) is 44.8 Å². The van der Waals surface area contributed by atoms with Gasteiger partial charge in [-0.1, -0.05) is 60.7 Å². The van der Waals surface area contributed by atoms with Gasteiger partial charge in [-0.25, -0.2) is 0 Å². The fourth-order valence-electron chi connectivity index (χ4n) is 4.10. The SMILES string of the molecule is COC(=O)Cc1cc2cccc3c4ccccc4c4cccc1c4c23. The quantitative estimate of drug-likeness (QED) is 0.245. The van der Waals surface area contributed by atoms with Gasteiger partial charge >= 0.3 is 5.97 Å². The smallest absolute Gasteiger partial charge is 0.310 e. The van der Waals surface area contributed by atoms with Gasteiger partial charge in [0.1, 0.15) is 0 Å². The maximum absolute atomic E-state index is 11.9. The second kappa shape index (κ2) is 5.18. The van der Waals surface area contributed by atoms with Gasteiger partial charge in [0.2, 0.25) is 0 Å². The van der Waals surface area contributed by atoms with Gasteiger partial charge in [0.15, 0.2) is 0 Å². The Morgan fingerprint density at radius 2 is 1.36 bits per heavy atom. The molecule has 0 aliphatic carbocycles. The Morgan fingerprint density at radius 1 is 0.760 bits per heavy atom. The van der Waals surface area contributed by atoms with Gasteiger partial charge in [0.05, 0.1) is 13.5 Å². The summed E-state index contributed by atoms with van der Waals surface area (Å²) < 4.78 is 4.90. The molecule has 0 atom stereocenters. The second-order valence-electron chi connectivity index (χ2n) is 6.47. The van der Waals surface area contributed by atoms with Crippen LogP contribution in [0, 0.1) is 0 Å². The van der Waals surface area contributed by atoms with Crippen molar-refractivity contribution in [2.75, 3.05) is 7.11 Å². The highest BCUT2D eigenvalue weighted by Gasteiger charge is 2.16. The lowest BCUT2D eigenvalue weighted by Crippen LogP contribution is -2.05. The van der Waals surface area contributed by atoms with Crippen molar-refractivity contribution in [1.29, 1.82) is 0 Å². The topological polar surface area (TPSA) is 26.3 Å². The fourth-order valence-corrected chi connectivity index (χ4v) is 4.10. The molecule has 2 nitrogen and oxygen atoms in total. The molecule has 2 heteroatoms. The van der Waals surface area contributed by atoms with E-state index >= 15 is 0 Å². The van der Waals surface area contributed by atoms with Crippen molar-refractivity contribution >= 4 is 49.1 Å². The van der Waals surface area contributed by atoms with Gasteiger partial charge in [-0.15, -0.1) is 0 Å². The summed E-state index contributed by atoms with van der Waals surface area (Å²) in [7, 11) is 1.44. The minimum absolute atomic E-state index is 0.209. The Bertz CT molecular complexity index is 1270. The van der Waals surface area contributed by atoms with Crippen molar-refractivity contribution in [3.05, 3.63) is 72.3 Å². The molecule has 0 aromatic heterocycles. The molecule has 0 N–H and O–H groups in total. The predicted molar refractivity (Wildman–Crippen MR) is 103 cm³/mol. The molecule has 5 aromatic rings. The highest BCUT2D eigenvalue weighted by molar-refractivity contribution is 6.34. The van der Waals surface area contributed by atoms with Gasteiger partial charge in [-0.05, 0) is 54.7 Å². The van der Waals surface area contributed by atoms with Gasteiger partial charge in [-0.2, -0.15) is 0 Å². The number of esters is 1. The summed E-state index contributed by atoms with van der Waals surface area (Å²) >= 11 is 0. The van der Waals surface area contributed by atoms with Crippen molar-refractivity contribution in [1.82, 2.24) is 0 Å². The average molecular weight is 324 g/mol. The number of hydrogen-bond acceptors (Lipinski definition) is 2. The number of benzene rings is 5. The molecule has 5 rings (SSSR count). The molecular weight excluding hydrogens is 308 g/mol. The minimum atomic E-state index is -0.209. The first-order chi connectivity index (χ1) is 12.3. The van der Waals surface area contributed by atoms with Gasteiger partial charge in [-0.3, -0.25) is 4.79 Å². The normalized spacial score (nSPS) is 11.7. The molecule has 0 aliphatic rings. The number of hydrogen-bond donors (Lipinski definition) is 0. The number of fused-ring (bicyclic) bond motifs is 3. The van der Waals surface area contributed by atoms with Crippen LogP contribution in [0.2, 0.25) is 0 Å². The van der Waals surface area contributed by atoms with Crippen molar-refractivity contribution in [3.63, 3.8) is 0 Å². The van der Waals surface area contributed by atoms with Crippen LogP contribution in [-0.4, -0.2) is 13.1 Å². The summed E-state index contributed by atoms with van der Waals surface area (Å²) in [6.45, 7) is 0. The maximum Gasteiger partial charge on any atom is 0.310 e. The minimum Gasteiger partial charge on any atom is -0.469 e. The largest absolute Gasteiger partial charge is 0.469 e. The van der Waals surface area contributed by atoms with Crippen LogP contribution in [0.5, 0.6) is 0 Å². The number of carbonyl (C=O) groups excluding carboxylic acids is 1. The lowest BCUT2D eigenvalue weighted by atomic mass is 9.87. The molecule has 5 aromatic carbocycles. The first kappa shape index (κ1) is 14.2. The summed E-state index contributed by atoms with van der Waals surface area (Å²) in [6.07, 6.45) is 0.290. The van der Waals surface area contributed by atoms with Crippen LogP contribution in [0.1, 0.15) is 5.56 Å². The molecule has 25 heavy (non-hydrogen) atoms. The van der Waals surface area contributed by atoms with Crippen LogP contribution in [-0.2, 0) is 16.0 Å². The third kappa shape index (κ3) is 1.94. The molecule has 0 saturated carbocycles. The lowest BCUT2D eigenvalue weighted by molar-refractivity contribution is -0.139. The van der Waals surface area contributed by atoms with Crippen LogP contribution in [0.25, 0.3) is 43.1 Å². The third-order valence-corrected chi connectivity index (χ3v) is 5.16. The van der Waals surface area contributed by atoms with Crippen LogP contribution >= 0.6 is 0 Å². The van der Waals surface area contributed by atoms with Crippen LogP contribution in [0.3, 0.4) is 0 Å². The zero-order valence-electron chi connectivity index (χ0n) is 13.9. The maximum atomic E-state index is 11.9. The molecule has 0 heterocycles. The molecular formula is C23H16O2. The third-order valence-electron chi connectivity index (χ3n) is 5.16. The summed E-state index contributed by atoms with van der Waals surface area (Å²) in [4.78, 5) is 11.9. The molecule has 0 unspecified atom stereocenters. The predicted octanol–water partition coefficient (Wildman–Crippen LogP) is 5.45. The van der Waals surface area contributed by atoms with Crippen molar-refractivity contribution in [2.24, 2.45) is 0 Å². The number of methoxy groups -OCH3 is 1. The van der Waals surface area contributed by atoms with Crippen molar-refractivity contribution in [3.8, 4) is 0 Å². The van der Waals surface area contributed by atoms with Gasteiger partial charge in [0.25, 0.3) is 0 Å². The molecule has 0 fully saturated rings. The summed E-state index contributed by atoms with van der Waals surface area (Å²) in [5, 5.41) is 9.86. The van der Waals surface area contributed by atoms with E-state index < -0.39 is 0 Å². The highest BCUT2D eigenvalue weighted by Crippen LogP contribution is 2.41. The second-order valence-corrected chi connectivity index (χ2v) is 6.47. The van der Waals surface area contributed by atoms with E-state index in [9.17, 15) is 4.79 Å². The lowest BCUT2D eigenvalue weighted by Gasteiger charge is -2.17. The van der Waals surface area contributed by atoms with E-state index in [1.807, 2.05) is 0 Å². The Morgan fingerprint density at radius 3 is 2.08 bits per heavy atom. The Labute approximate surface area is 145 Å². The van der Waals surface area contributed by atoms with E-state index in [1.54, 1.807) is 0 Å². The Hall–Kier alpha value is -3.13. The molecule has 0 radical (unpaired) electrons. The zero-order chi connectivity index (χ0) is 17.0. The molecule has 0 bridgehead atoms. The fraction of sp³-hybridized carbons (Fsp3) is 0.0870. The van der Waals surface area contributed by atoms with Crippen LogP contribution in [0.15, 0.2) is 66.7 Å². The van der Waals surface area contributed by atoms with E-state index in [4.69, 9.17) is 4.74 Å². The first-order valence-electron chi connectivity index (χ1n) is 8.42. The molecule has 0 amide bonds. The van der Waals surface area contributed by atoms with Gasteiger partial charge < -0.3 is 4.74 Å². The number of carbonyl (C=O) groups is 1. The molecule has 120 valence electrons. The van der Waals surface area contributed by atoms with Crippen molar-refractivity contribution in [2.45, 2.75) is 6.42 Å². The standard InChI is InChI=1S/C23H16O2/c1-25-21(24)13-15-12-14-6-4-10-19-17-7-2-3-8-18(17)20-11-5-9-16(15)23(20)22(14)19/h2-12H,13H2,1H3. The van der Waals surface area contributed by atoms with Crippen molar-refractivity contribution < 1.29 is 9.53 Å². The average Bonchev–Trinajstić information content (AvgIpc) is 2.67. The number of ether oxygens (including phenoxy) is 1. The Balaban J connectivity index is 2.06. The van der Waals surface area contributed by atoms with E-state index in [0.29, 0.717) is 0 Å². The summed E-state index contributed by atoms with van der Waals surface area (Å²) in [5.74, 6) is -0.209.